The largest absolute Gasteiger partial charge is 0.497 e. The molecule has 0 fully saturated rings. The molecule has 2 rings (SSSR count). The summed E-state index contributed by atoms with van der Waals surface area (Å²) in [6.45, 7) is 1.78. The Labute approximate surface area is 103 Å². The molecule has 88 valence electrons. The van der Waals surface area contributed by atoms with Crippen molar-refractivity contribution < 1.29 is 14.3 Å². The van der Waals surface area contributed by atoms with E-state index in [-0.39, 0.29) is 0 Å². The highest BCUT2D eigenvalue weighted by Crippen LogP contribution is 2.21. The summed E-state index contributed by atoms with van der Waals surface area (Å²) < 4.78 is 10.3. The molecule has 0 unspecified atom stereocenters. The van der Waals surface area contributed by atoms with Crippen LogP contribution in [-0.2, 0) is 0 Å². The van der Waals surface area contributed by atoms with E-state index in [1.807, 2.05) is 0 Å². The van der Waals surface area contributed by atoms with E-state index in [4.69, 9.17) is 9.47 Å². The van der Waals surface area contributed by atoms with Crippen LogP contribution in [-0.4, -0.2) is 18.1 Å². The Morgan fingerprint density at radius 1 is 1.35 bits per heavy atom. The number of hydrogen-bond acceptors (Lipinski definition) is 5. The fraction of sp³-hybridized carbons (Fsp3) is 0.167. The molecule has 2 aromatic rings. The van der Waals surface area contributed by atoms with Gasteiger partial charge in [0.25, 0.3) is 0 Å². The molecule has 0 radical (unpaired) electrons. The molecule has 0 N–H and O–H groups in total. The van der Waals surface area contributed by atoms with Crippen molar-refractivity contribution in [3.05, 3.63) is 40.3 Å². The maximum atomic E-state index is 11.8. The number of rotatable bonds is 3. The van der Waals surface area contributed by atoms with E-state index in [1.54, 1.807) is 43.8 Å². The quantitative estimate of drug-likeness (QED) is 0.620. The lowest BCUT2D eigenvalue weighted by molar-refractivity contribution is 0.0738. The van der Waals surface area contributed by atoms with Gasteiger partial charge in [-0.05, 0) is 19.1 Å². The first kappa shape index (κ1) is 11.6. The molecule has 0 saturated heterocycles. The average molecular weight is 249 g/mol. The minimum Gasteiger partial charge on any atom is -0.497 e. The second kappa shape index (κ2) is 4.97. The zero-order valence-corrected chi connectivity index (χ0v) is 10.3. The average Bonchev–Trinajstić information content (AvgIpc) is 2.76. The molecule has 0 atom stereocenters. The number of hydrogen-bond donors (Lipinski definition) is 0. The van der Waals surface area contributed by atoms with E-state index in [0.717, 1.165) is 0 Å². The van der Waals surface area contributed by atoms with E-state index in [9.17, 15) is 4.79 Å². The summed E-state index contributed by atoms with van der Waals surface area (Å²) >= 11 is 1.27. The molecule has 5 heteroatoms. The van der Waals surface area contributed by atoms with Crippen LogP contribution < -0.4 is 9.47 Å². The maximum absolute atomic E-state index is 11.8. The van der Waals surface area contributed by atoms with Crippen LogP contribution in [0.2, 0.25) is 0 Å². The Morgan fingerprint density at radius 2 is 2.12 bits per heavy atom. The molecule has 4 nitrogen and oxygen atoms in total. The number of benzene rings is 1. The van der Waals surface area contributed by atoms with Crippen molar-refractivity contribution in [3.8, 4) is 11.5 Å². The lowest BCUT2D eigenvalue weighted by atomic mass is 10.3. The van der Waals surface area contributed by atoms with Gasteiger partial charge in [-0.2, -0.15) is 0 Å². The Kier molecular flexibility index (Phi) is 3.39. The molecule has 1 heterocycles. The lowest BCUT2D eigenvalue weighted by Crippen LogP contribution is -2.08. The van der Waals surface area contributed by atoms with Crippen molar-refractivity contribution in [3.63, 3.8) is 0 Å². The fourth-order valence-corrected chi connectivity index (χ4v) is 1.99. The van der Waals surface area contributed by atoms with Crippen LogP contribution in [0.4, 0.5) is 0 Å². The van der Waals surface area contributed by atoms with E-state index in [0.29, 0.717) is 22.1 Å². The number of methoxy groups -OCH3 is 1. The molecule has 0 aliphatic carbocycles. The van der Waals surface area contributed by atoms with Crippen LogP contribution in [0.5, 0.6) is 11.5 Å². The number of carbonyl (C=O) groups excluding carboxylic acids is 1. The number of esters is 1. The number of aryl methyl sites for hydroxylation is 1. The van der Waals surface area contributed by atoms with Crippen molar-refractivity contribution in [1.82, 2.24) is 4.98 Å². The van der Waals surface area contributed by atoms with Crippen LogP contribution in [0.15, 0.2) is 29.8 Å². The van der Waals surface area contributed by atoms with Gasteiger partial charge in [0, 0.05) is 6.07 Å². The molecule has 0 amide bonds. The van der Waals surface area contributed by atoms with E-state index < -0.39 is 5.97 Å². The predicted molar refractivity (Wildman–Crippen MR) is 64.8 cm³/mol. The van der Waals surface area contributed by atoms with Gasteiger partial charge in [-0.1, -0.05) is 6.07 Å². The minimum absolute atomic E-state index is 0.391. The highest BCUT2D eigenvalue weighted by molar-refractivity contribution is 7.11. The number of carbonyl (C=O) groups is 1. The van der Waals surface area contributed by atoms with Gasteiger partial charge in [0.15, 0.2) is 0 Å². The smallest absolute Gasteiger partial charge is 0.355 e. The summed E-state index contributed by atoms with van der Waals surface area (Å²) in [6, 6.07) is 6.92. The molecular weight excluding hydrogens is 238 g/mol. The third-order valence-electron chi connectivity index (χ3n) is 2.18. The van der Waals surface area contributed by atoms with Gasteiger partial charge in [0.1, 0.15) is 16.4 Å². The van der Waals surface area contributed by atoms with Gasteiger partial charge in [-0.3, -0.25) is 0 Å². The first-order chi connectivity index (χ1) is 8.20. The zero-order chi connectivity index (χ0) is 12.3. The first-order valence-electron chi connectivity index (χ1n) is 4.97. The van der Waals surface area contributed by atoms with Gasteiger partial charge in [-0.25, -0.2) is 9.78 Å². The second-order valence-electron chi connectivity index (χ2n) is 3.34. The summed E-state index contributed by atoms with van der Waals surface area (Å²) in [7, 11) is 1.56. The number of nitrogens with zero attached hydrogens (tertiary/aromatic N) is 1. The Bertz CT molecular complexity index is 536. The van der Waals surface area contributed by atoms with Crippen molar-refractivity contribution in [2.24, 2.45) is 0 Å². The summed E-state index contributed by atoms with van der Waals surface area (Å²) in [5.74, 6) is 0.719. The fourth-order valence-electron chi connectivity index (χ4n) is 1.32. The lowest BCUT2D eigenvalue weighted by Gasteiger charge is -2.05. The molecule has 0 spiro atoms. The number of thiazole rings is 1. The second-order valence-corrected chi connectivity index (χ2v) is 4.19. The van der Waals surface area contributed by atoms with Crippen molar-refractivity contribution in [2.75, 3.05) is 7.11 Å². The summed E-state index contributed by atoms with van der Waals surface area (Å²) in [5, 5.41) is 0. The monoisotopic (exact) mass is 249 g/mol. The summed E-state index contributed by atoms with van der Waals surface area (Å²) in [6.07, 6.45) is 0. The van der Waals surface area contributed by atoms with Crippen molar-refractivity contribution in [2.45, 2.75) is 6.92 Å². The third-order valence-corrected chi connectivity index (χ3v) is 3.09. The Balaban J connectivity index is 2.16. The SMILES string of the molecule is COc1cccc(OC(=O)c2scnc2C)c1. The molecule has 17 heavy (non-hydrogen) atoms. The Hall–Kier alpha value is -1.88. The predicted octanol–water partition coefficient (Wildman–Crippen LogP) is 2.68. The molecule has 0 bridgehead atoms. The molecule has 0 aliphatic heterocycles. The van der Waals surface area contributed by atoms with E-state index >= 15 is 0 Å². The van der Waals surface area contributed by atoms with Gasteiger partial charge in [0.2, 0.25) is 0 Å². The zero-order valence-electron chi connectivity index (χ0n) is 9.47. The topological polar surface area (TPSA) is 48.4 Å². The molecular formula is C12H11NO3S. The summed E-state index contributed by atoms with van der Waals surface area (Å²) in [5.41, 5.74) is 2.31. The summed E-state index contributed by atoms with van der Waals surface area (Å²) in [4.78, 5) is 16.3. The highest BCUT2D eigenvalue weighted by Gasteiger charge is 2.14. The third kappa shape index (κ3) is 2.62. The molecule has 0 saturated carbocycles. The Morgan fingerprint density at radius 3 is 2.76 bits per heavy atom. The number of aromatic nitrogens is 1. The van der Waals surface area contributed by atoms with Crippen LogP contribution in [0.25, 0.3) is 0 Å². The maximum Gasteiger partial charge on any atom is 0.355 e. The van der Waals surface area contributed by atoms with Gasteiger partial charge >= 0.3 is 5.97 Å². The highest BCUT2D eigenvalue weighted by atomic mass is 32.1. The standard InChI is InChI=1S/C12H11NO3S/c1-8-11(17-7-13-8)12(14)16-10-5-3-4-9(6-10)15-2/h3-7H,1-2H3. The first-order valence-corrected chi connectivity index (χ1v) is 5.85. The van der Waals surface area contributed by atoms with Crippen LogP contribution in [0, 0.1) is 6.92 Å². The number of ether oxygens (including phenoxy) is 2. The van der Waals surface area contributed by atoms with Crippen molar-refractivity contribution in [1.29, 1.82) is 0 Å². The van der Waals surface area contributed by atoms with Gasteiger partial charge in [-0.15, -0.1) is 11.3 Å². The van der Waals surface area contributed by atoms with E-state index in [2.05, 4.69) is 4.98 Å². The molecule has 1 aromatic carbocycles. The molecule has 0 aliphatic rings. The van der Waals surface area contributed by atoms with Crippen molar-refractivity contribution >= 4 is 17.3 Å². The minimum atomic E-state index is -0.391. The normalized spacial score (nSPS) is 10.0. The van der Waals surface area contributed by atoms with Crippen LogP contribution >= 0.6 is 11.3 Å². The van der Waals surface area contributed by atoms with E-state index in [1.165, 1.54) is 11.3 Å². The van der Waals surface area contributed by atoms with Crippen LogP contribution in [0.3, 0.4) is 0 Å². The van der Waals surface area contributed by atoms with Crippen LogP contribution in [0.1, 0.15) is 15.4 Å². The molecule has 1 aromatic heterocycles. The van der Waals surface area contributed by atoms with Gasteiger partial charge < -0.3 is 9.47 Å². The van der Waals surface area contributed by atoms with Gasteiger partial charge in [0.05, 0.1) is 18.3 Å².